The number of Topliss-reactive ketones (excluding diaryl/α,β-unsaturated/α-hetero) is 1. The van der Waals surface area contributed by atoms with Crippen molar-refractivity contribution >= 4 is 15.8 Å². The van der Waals surface area contributed by atoms with Crippen LogP contribution in [0.3, 0.4) is 0 Å². The summed E-state index contributed by atoms with van der Waals surface area (Å²) in [5.74, 6) is 0.845. The third-order valence-corrected chi connectivity index (χ3v) is 6.84. The number of nitrogens with one attached hydrogen (secondary N) is 1. The van der Waals surface area contributed by atoms with Crippen molar-refractivity contribution < 1.29 is 13.2 Å². The largest absolute Gasteiger partial charge is 0.342 e. The highest BCUT2D eigenvalue weighted by Crippen LogP contribution is 2.54. The highest BCUT2D eigenvalue weighted by Gasteiger charge is 2.55. The van der Waals surface area contributed by atoms with Gasteiger partial charge in [0.1, 0.15) is 0 Å². The normalized spacial score (nSPS) is 32.4. The molecular weight excluding hydrogens is 328 g/mol. The van der Waals surface area contributed by atoms with E-state index in [1.165, 1.54) is 10.6 Å². The number of dihydropyridines is 1. The lowest BCUT2D eigenvalue weighted by atomic mass is 9.63. The van der Waals surface area contributed by atoms with E-state index in [2.05, 4.69) is 29.4 Å². The Morgan fingerprint density at radius 3 is 2.67 bits per heavy atom. The third-order valence-electron chi connectivity index (χ3n) is 5.59. The van der Waals surface area contributed by atoms with E-state index in [1.807, 2.05) is 0 Å². The summed E-state index contributed by atoms with van der Waals surface area (Å²) in [5.41, 5.74) is 1.99. The number of fused-ring (bicyclic) bond motifs is 2. The lowest BCUT2D eigenvalue weighted by molar-refractivity contribution is -0.119. The maximum atomic E-state index is 13.0. The van der Waals surface area contributed by atoms with Crippen molar-refractivity contribution in [2.75, 3.05) is 25.9 Å². The molecule has 0 unspecified atom stereocenters. The fourth-order valence-corrected chi connectivity index (χ4v) is 5.45. The summed E-state index contributed by atoms with van der Waals surface area (Å²) in [7, 11) is -3.29. The van der Waals surface area contributed by atoms with E-state index < -0.39 is 15.4 Å². The number of nitrogens with zero attached hydrogens (tertiary/aromatic N) is 3. The molecule has 1 saturated heterocycles. The molecule has 0 saturated carbocycles. The molecule has 24 heavy (non-hydrogen) atoms. The van der Waals surface area contributed by atoms with Crippen LogP contribution >= 0.6 is 0 Å². The number of rotatable bonds is 1. The molecule has 4 aliphatic rings. The zero-order chi connectivity index (χ0) is 17.3. The SMILES string of the molecule is CC1(C)CC(=O)C2=C(C1)NC1=C(CN=N1)[C@@]21CCN(S(C)(=O)=O)C1. The summed E-state index contributed by atoms with van der Waals surface area (Å²) in [6, 6.07) is 0. The fourth-order valence-electron chi connectivity index (χ4n) is 4.58. The topological polar surface area (TPSA) is 91.2 Å². The Hall–Kier alpha value is -1.54. The van der Waals surface area contributed by atoms with Crippen LogP contribution in [0.15, 0.2) is 32.9 Å². The van der Waals surface area contributed by atoms with Gasteiger partial charge >= 0.3 is 0 Å². The molecule has 130 valence electrons. The maximum Gasteiger partial charge on any atom is 0.211 e. The molecule has 4 rings (SSSR count). The molecule has 0 amide bonds. The summed E-state index contributed by atoms with van der Waals surface area (Å²) < 4.78 is 25.6. The molecule has 1 aliphatic carbocycles. The molecule has 3 aliphatic heterocycles. The van der Waals surface area contributed by atoms with Gasteiger partial charge in [0.2, 0.25) is 10.0 Å². The van der Waals surface area contributed by atoms with Crippen molar-refractivity contribution in [1.29, 1.82) is 0 Å². The summed E-state index contributed by atoms with van der Waals surface area (Å²) in [4.78, 5) is 13.0. The minimum absolute atomic E-state index is 0.104. The first-order valence-electron chi connectivity index (χ1n) is 8.23. The highest BCUT2D eigenvalue weighted by molar-refractivity contribution is 7.88. The van der Waals surface area contributed by atoms with E-state index in [-0.39, 0.29) is 11.2 Å². The molecule has 0 aromatic carbocycles. The Kier molecular flexibility index (Phi) is 3.16. The number of carbonyl (C=O) groups is 1. The minimum atomic E-state index is -3.29. The van der Waals surface area contributed by atoms with E-state index in [0.717, 1.165) is 29.1 Å². The van der Waals surface area contributed by atoms with Crippen LogP contribution in [0.25, 0.3) is 0 Å². The molecule has 0 aromatic heterocycles. The molecule has 0 bridgehead atoms. The quantitative estimate of drug-likeness (QED) is 0.777. The van der Waals surface area contributed by atoms with Crippen LogP contribution in [0.4, 0.5) is 0 Å². The molecule has 1 spiro atoms. The number of hydrogen-bond donors (Lipinski definition) is 1. The van der Waals surface area contributed by atoms with Crippen molar-refractivity contribution in [1.82, 2.24) is 9.62 Å². The summed E-state index contributed by atoms with van der Waals surface area (Å²) in [6.45, 7) is 5.36. The molecule has 1 fully saturated rings. The number of allylic oxidation sites excluding steroid dienone is 1. The molecular formula is C16H22N4O3S. The summed E-state index contributed by atoms with van der Waals surface area (Å²) in [5, 5.41) is 11.7. The lowest BCUT2D eigenvalue weighted by Crippen LogP contribution is -2.45. The van der Waals surface area contributed by atoms with E-state index in [1.54, 1.807) is 0 Å². The van der Waals surface area contributed by atoms with Gasteiger partial charge < -0.3 is 5.32 Å². The summed E-state index contributed by atoms with van der Waals surface area (Å²) >= 11 is 0. The smallest absolute Gasteiger partial charge is 0.211 e. The van der Waals surface area contributed by atoms with Gasteiger partial charge in [0.05, 0.1) is 12.8 Å². The first-order chi connectivity index (χ1) is 11.1. The van der Waals surface area contributed by atoms with Crippen molar-refractivity contribution in [2.45, 2.75) is 33.1 Å². The van der Waals surface area contributed by atoms with Crippen molar-refractivity contribution in [2.24, 2.45) is 21.1 Å². The van der Waals surface area contributed by atoms with Gasteiger partial charge in [-0.15, -0.1) is 5.11 Å². The van der Waals surface area contributed by atoms with Crippen molar-refractivity contribution in [3.8, 4) is 0 Å². The first kappa shape index (κ1) is 16.0. The third kappa shape index (κ3) is 2.19. The van der Waals surface area contributed by atoms with Crippen LogP contribution in [0.5, 0.6) is 0 Å². The van der Waals surface area contributed by atoms with Gasteiger partial charge in [0.15, 0.2) is 11.6 Å². The average molecular weight is 350 g/mol. The van der Waals surface area contributed by atoms with Crippen molar-refractivity contribution in [3.63, 3.8) is 0 Å². The molecule has 8 heteroatoms. The highest BCUT2D eigenvalue weighted by atomic mass is 32.2. The Morgan fingerprint density at radius 1 is 1.25 bits per heavy atom. The van der Waals surface area contributed by atoms with E-state index in [0.29, 0.717) is 32.5 Å². The number of ketones is 1. The van der Waals surface area contributed by atoms with Crippen LogP contribution in [0.2, 0.25) is 0 Å². The monoisotopic (exact) mass is 350 g/mol. The lowest BCUT2D eigenvalue weighted by Gasteiger charge is -2.43. The van der Waals surface area contributed by atoms with Gasteiger partial charge in [0, 0.05) is 41.8 Å². The zero-order valence-corrected chi connectivity index (χ0v) is 15.0. The second-order valence-electron chi connectivity index (χ2n) is 8.07. The average Bonchev–Trinajstić information content (AvgIpc) is 3.03. The van der Waals surface area contributed by atoms with E-state index in [9.17, 15) is 13.2 Å². The Labute approximate surface area is 141 Å². The predicted octanol–water partition coefficient (Wildman–Crippen LogP) is 1.56. The minimum Gasteiger partial charge on any atom is -0.342 e. The molecule has 0 radical (unpaired) electrons. The van der Waals surface area contributed by atoms with Crippen LogP contribution in [-0.2, 0) is 14.8 Å². The predicted molar refractivity (Wildman–Crippen MR) is 88.4 cm³/mol. The second kappa shape index (κ2) is 4.76. The van der Waals surface area contributed by atoms with Crippen LogP contribution < -0.4 is 5.32 Å². The Bertz CT molecular complexity index is 837. The van der Waals surface area contributed by atoms with Crippen LogP contribution in [-0.4, -0.2) is 44.4 Å². The van der Waals surface area contributed by atoms with Gasteiger partial charge in [-0.25, -0.2) is 12.7 Å². The molecule has 7 nitrogen and oxygen atoms in total. The number of sulfonamides is 1. The van der Waals surface area contributed by atoms with Gasteiger partial charge in [-0.1, -0.05) is 13.8 Å². The molecule has 1 N–H and O–H groups in total. The fraction of sp³-hybridized carbons (Fsp3) is 0.688. The van der Waals surface area contributed by atoms with Gasteiger partial charge in [-0.2, -0.15) is 5.11 Å². The van der Waals surface area contributed by atoms with Crippen LogP contribution in [0, 0.1) is 10.8 Å². The van der Waals surface area contributed by atoms with Crippen molar-refractivity contribution in [3.05, 3.63) is 22.7 Å². The van der Waals surface area contributed by atoms with Gasteiger partial charge in [-0.3, -0.25) is 4.79 Å². The standard InChI is InChI=1S/C16H22N4O3S/c1-15(2)6-11-13(12(21)7-15)16(10-8-17-19-14(10)18-11)4-5-20(9-16)24(3,22)23/h18H,4-9H2,1-3H3/t16-/m0/s1. The first-order valence-corrected chi connectivity index (χ1v) is 10.1. The van der Waals surface area contributed by atoms with Gasteiger partial charge in [0.25, 0.3) is 0 Å². The Balaban J connectivity index is 1.85. The molecule has 3 heterocycles. The zero-order valence-electron chi connectivity index (χ0n) is 14.2. The number of hydrogen-bond acceptors (Lipinski definition) is 6. The Morgan fingerprint density at radius 2 is 2.00 bits per heavy atom. The maximum absolute atomic E-state index is 13.0. The second-order valence-corrected chi connectivity index (χ2v) is 10.1. The van der Waals surface area contributed by atoms with Crippen LogP contribution in [0.1, 0.15) is 33.1 Å². The number of azo groups is 1. The molecule has 0 aromatic rings. The summed E-state index contributed by atoms with van der Waals surface area (Å²) in [6.07, 6.45) is 3.11. The molecule has 1 atom stereocenters. The van der Waals surface area contributed by atoms with E-state index >= 15 is 0 Å². The number of carbonyl (C=O) groups excluding carboxylic acids is 1. The van der Waals surface area contributed by atoms with E-state index in [4.69, 9.17) is 0 Å². The van der Waals surface area contributed by atoms with Gasteiger partial charge in [-0.05, 0) is 18.3 Å².